The third-order valence-electron chi connectivity index (χ3n) is 4.09. The highest BCUT2D eigenvalue weighted by molar-refractivity contribution is 9.10. The SMILES string of the molecule is CC(NC(=O)c1cc(C(F)(F)F)cc(C(F)(F)F)c1)c1ncnn1-c1ccc(Br)cn1. The fraction of sp³-hybridized carbons (Fsp3) is 0.222. The van der Waals surface area contributed by atoms with Crippen LogP contribution in [0.4, 0.5) is 26.3 Å². The molecule has 0 radical (unpaired) electrons. The summed E-state index contributed by atoms with van der Waals surface area (Å²) in [5.41, 5.74) is -3.95. The van der Waals surface area contributed by atoms with Crippen molar-refractivity contribution in [1.82, 2.24) is 25.1 Å². The quantitative estimate of drug-likeness (QED) is 0.507. The summed E-state index contributed by atoms with van der Waals surface area (Å²) in [6.07, 6.45) is -7.45. The zero-order chi connectivity index (χ0) is 23.0. The first-order chi connectivity index (χ1) is 14.4. The minimum absolute atomic E-state index is 0.0456. The predicted molar refractivity (Wildman–Crippen MR) is 99.2 cm³/mol. The van der Waals surface area contributed by atoms with E-state index < -0.39 is 41.0 Å². The number of carbonyl (C=O) groups is 1. The van der Waals surface area contributed by atoms with Gasteiger partial charge in [-0.2, -0.15) is 36.1 Å². The van der Waals surface area contributed by atoms with Crippen LogP contribution in [-0.2, 0) is 12.4 Å². The number of benzene rings is 1. The summed E-state index contributed by atoms with van der Waals surface area (Å²) in [6, 6.07) is 3.04. The average Bonchev–Trinajstić information content (AvgIpc) is 3.16. The van der Waals surface area contributed by atoms with E-state index in [0.29, 0.717) is 22.4 Å². The normalized spacial score (nSPS) is 13.2. The van der Waals surface area contributed by atoms with E-state index in [1.807, 2.05) is 0 Å². The van der Waals surface area contributed by atoms with Crippen molar-refractivity contribution in [3.8, 4) is 5.82 Å². The van der Waals surface area contributed by atoms with Gasteiger partial charge in [0, 0.05) is 16.2 Å². The van der Waals surface area contributed by atoms with Crippen molar-refractivity contribution in [2.24, 2.45) is 0 Å². The summed E-state index contributed by atoms with van der Waals surface area (Å²) < 4.78 is 80.1. The van der Waals surface area contributed by atoms with Gasteiger partial charge in [-0.3, -0.25) is 4.79 Å². The van der Waals surface area contributed by atoms with Gasteiger partial charge in [0.25, 0.3) is 5.91 Å². The Hall–Kier alpha value is -2.96. The second kappa shape index (κ2) is 8.29. The van der Waals surface area contributed by atoms with E-state index in [4.69, 9.17) is 0 Å². The first-order valence-corrected chi connectivity index (χ1v) is 9.28. The van der Waals surface area contributed by atoms with Crippen LogP contribution in [-0.4, -0.2) is 25.7 Å². The van der Waals surface area contributed by atoms with E-state index >= 15 is 0 Å². The Balaban J connectivity index is 1.90. The molecule has 6 nitrogen and oxygen atoms in total. The highest BCUT2D eigenvalue weighted by Crippen LogP contribution is 2.36. The summed E-state index contributed by atoms with van der Waals surface area (Å²) >= 11 is 3.23. The zero-order valence-corrected chi connectivity index (χ0v) is 17.0. The number of nitrogens with one attached hydrogen (secondary N) is 1. The van der Waals surface area contributed by atoms with Crippen LogP contribution in [0.25, 0.3) is 5.82 Å². The first kappa shape index (κ1) is 22.7. The lowest BCUT2D eigenvalue weighted by Crippen LogP contribution is -2.29. The molecule has 3 aromatic rings. The molecule has 0 aliphatic carbocycles. The number of alkyl halides is 6. The number of halogens is 7. The Labute approximate surface area is 179 Å². The molecule has 0 aliphatic rings. The van der Waals surface area contributed by atoms with Gasteiger partial charge in [0.1, 0.15) is 6.33 Å². The summed E-state index contributed by atoms with van der Waals surface area (Å²) in [5, 5.41) is 6.33. The molecule has 31 heavy (non-hydrogen) atoms. The van der Waals surface area contributed by atoms with Crippen molar-refractivity contribution in [3.63, 3.8) is 0 Å². The Morgan fingerprint density at radius 1 is 1.03 bits per heavy atom. The molecule has 0 saturated carbocycles. The molecule has 2 heterocycles. The monoisotopic (exact) mass is 507 g/mol. The third-order valence-corrected chi connectivity index (χ3v) is 4.56. The Kier molecular flexibility index (Phi) is 6.07. The lowest BCUT2D eigenvalue weighted by Gasteiger charge is -2.17. The van der Waals surface area contributed by atoms with E-state index in [1.54, 1.807) is 12.1 Å². The van der Waals surface area contributed by atoms with Crippen molar-refractivity contribution in [1.29, 1.82) is 0 Å². The van der Waals surface area contributed by atoms with Crippen molar-refractivity contribution >= 4 is 21.8 Å². The average molecular weight is 508 g/mol. The Morgan fingerprint density at radius 3 is 2.16 bits per heavy atom. The van der Waals surface area contributed by atoms with Crippen LogP contribution in [0.5, 0.6) is 0 Å². The smallest absolute Gasteiger partial charge is 0.342 e. The van der Waals surface area contributed by atoms with Gasteiger partial charge in [-0.05, 0) is 53.2 Å². The van der Waals surface area contributed by atoms with Crippen LogP contribution >= 0.6 is 15.9 Å². The second-order valence-corrected chi connectivity index (χ2v) is 7.27. The fourth-order valence-corrected chi connectivity index (χ4v) is 2.88. The molecule has 0 spiro atoms. The maximum Gasteiger partial charge on any atom is 0.416 e. The van der Waals surface area contributed by atoms with Crippen molar-refractivity contribution in [2.75, 3.05) is 0 Å². The predicted octanol–water partition coefficient (Wildman–Crippen LogP) is 4.95. The molecule has 0 saturated heterocycles. The second-order valence-electron chi connectivity index (χ2n) is 6.35. The van der Waals surface area contributed by atoms with E-state index in [-0.39, 0.29) is 11.9 Å². The number of hydrogen-bond acceptors (Lipinski definition) is 4. The molecule has 1 amide bonds. The van der Waals surface area contributed by atoms with Crippen LogP contribution in [0.15, 0.2) is 47.3 Å². The number of carbonyl (C=O) groups excluding carboxylic acids is 1. The molecule has 0 bridgehead atoms. The molecule has 0 aliphatic heterocycles. The molecular weight excluding hydrogens is 496 g/mol. The number of amides is 1. The van der Waals surface area contributed by atoms with E-state index in [2.05, 4.69) is 36.3 Å². The molecule has 13 heteroatoms. The molecule has 1 aromatic carbocycles. The molecule has 0 fully saturated rings. The Bertz CT molecular complexity index is 1060. The lowest BCUT2D eigenvalue weighted by atomic mass is 10.0. The summed E-state index contributed by atoms with van der Waals surface area (Å²) in [7, 11) is 0. The van der Waals surface area contributed by atoms with Crippen LogP contribution in [0.2, 0.25) is 0 Å². The molecule has 1 unspecified atom stereocenters. The standard InChI is InChI=1S/C18H12BrF6N5O/c1-9(15-27-8-28-30(15)14-3-2-13(19)7-26-14)29-16(31)10-4-11(17(20,21)22)6-12(5-10)18(23,24)25/h2-9H,1H3,(H,29,31). The van der Waals surface area contributed by atoms with Gasteiger partial charge >= 0.3 is 12.4 Å². The van der Waals surface area contributed by atoms with Crippen LogP contribution in [0.1, 0.15) is 40.3 Å². The third kappa shape index (κ3) is 5.21. The number of nitrogens with zero attached hydrogens (tertiary/aromatic N) is 4. The summed E-state index contributed by atoms with van der Waals surface area (Å²) in [6.45, 7) is 1.45. The van der Waals surface area contributed by atoms with Crippen molar-refractivity contribution in [2.45, 2.75) is 25.3 Å². The number of aromatic nitrogens is 4. The molecule has 164 valence electrons. The van der Waals surface area contributed by atoms with Crippen LogP contribution in [0.3, 0.4) is 0 Å². The topological polar surface area (TPSA) is 72.7 Å². The van der Waals surface area contributed by atoms with Gasteiger partial charge in [-0.15, -0.1) is 0 Å². The maximum absolute atomic E-state index is 13.0. The van der Waals surface area contributed by atoms with Gasteiger partial charge in [-0.25, -0.2) is 9.97 Å². The molecule has 2 aromatic heterocycles. The van der Waals surface area contributed by atoms with Gasteiger partial charge < -0.3 is 5.32 Å². The summed E-state index contributed by atoms with van der Waals surface area (Å²) in [4.78, 5) is 20.6. The van der Waals surface area contributed by atoms with E-state index in [0.717, 1.165) is 0 Å². The van der Waals surface area contributed by atoms with Crippen molar-refractivity contribution in [3.05, 3.63) is 69.8 Å². The largest absolute Gasteiger partial charge is 0.416 e. The van der Waals surface area contributed by atoms with Gasteiger partial charge in [0.05, 0.1) is 17.2 Å². The van der Waals surface area contributed by atoms with Gasteiger partial charge in [0.2, 0.25) is 0 Å². The zero-order valence-electron chi connectivity index (χ0n) is 15.5. The minimum Gasteiger partial charge on any atom is -0.342 e. The highest BCUT2D eigenvalue weighted by Gasteiger charge is 2.37. The van der Waals surface area contributed by atoms with Gasteiger partial charge in [-0.1, -0.05) is 0 Å². The fourth-order valence-electron chi connectivity index (χ4n) is 2.65. The molecule has 1 N–H and O–H groups in total. The Morgan fingerprint density at radius 2 is 1.65 bits per heavy atom. The number of pyridine rings is 1. The summed E-state index contributed by atoms with van der Waals surface area (Å²) in [5.74, 6) is -0.621. The van der Waals surface area contributed by atoms with E-state index in [1.165, 1.54) is 24.1 Å². The lowest BCUT2D eigenvalue weighted by molar-refractivity contribution is -0.143. The van der Waals surface area contributed by atoms with Gasteiger partial charge in [0.15, 0.2) is 11.6 Å². The van der Waals surface area contributed by atoms with E-state index in [9.17, 15) is 31.1 Å². The van der Waals surface area contributed by atoms with Crippen LogP contribution in [0, 0.1) is 0 Å². The molecular formula is C18H12BrF6N5O. The highest BCUT2D eigenvalue weighted by atomic mass is 79.9. The van der Waals surface area contributed by atoms with Crippen molar-refractivity contribution < 1.29 is 31.1 Å². The molecule has 3 rings (SSSR count). The first-order valence-electron chi connectivity index (χ1n) is 8.48. The van der Waals surface area contributed by atoms with Crippen LogP contribution < -0.4 is 5.32 Å². The maximum atomic E-state index is 13.0. The number of hydrogen-bond donors (Lipinski definition) is 1. The molecule has 1 atom stereocenters. The minimum atomic E-state index is -5.06. The number of rotatable bonds is 4.